The summed E-state index contributed by atoms with van der Waals surface area (Å²) in [6.07, 6.45) is 0.858. The van der Waals surface area contributed by atoms with Gasteiger partial charge in [0.2, 0.25) is 0 Å². The summed E-state index contributed by atoms with van der Waals surface area (Å²) in [5.41, 5.74) is 1.33. The molecule has 0 radical (unpaired) electrons. The van der Waals surface area contributed by atoms with Crippen molar-refractivity contribution in [1.82, 2.24) is 4.90 Å². The van der Waals surface area contributed by atoms with Crippen molar-refractivity contribution in [3.05, 3.63) is 29.8 Å². The van der Waals surface area contributed by atoms with Gasteiger partial charge in [0.25, 0.3) is 0 Å². The fraction of sp³-hybridized carbons (Fsp3) is 0.429. The van der Waals surface area contributed by atoms with Crippen molar-refractivity contribution < 1.29 is 14.3 Å². The van der Waals surface area contributed by atoms with E-state index in [4.69, 9.17) is 4.74 Å². The normalized spacial score (nSPS) is 15.7. The average molecular weight is 262 g/mol. The van der Waals surface area contributed by atoms with Gasteiger partial charge in [0, 0.05) is 30.9 Å². The summed E-state index contributed by atoms with van der Waals surface area (Å²) in [6, 6.07) is 6.78. The number of benzene rings is 1. The summed E-state index contributed by atoms with van der Waals surface area (Å²) >= 11 is 0. The van der Waals surface area contributed by atoms with Gasteiger partial charge < -0.3 is 15.0 Å². The monoisotopic (exact) mass is 262 g/mol. The maximum Gasteiger partial charge on any atom is 0.321 e. The van der Waals surface area contributed by atoms with Crippen molar-refractivity contribution in [2.75, 3.05) is 31.6 Å². The number of nitrogens with one attached hydrogen (secondary N) is 1. The van der Waals surface area contributed by atoms with Gasteiger partial charge in [0.15, 0.2) is 5.78 Å². The van der Waals surface area contributed by atoms with Gasteiger partial charge >= 0.3 is 6.03 Å². The lowest BCUT2D eigenvalue weighted by molar-refractivity contribution is 0.101. The van der Waals surface area contributed by atoms with Crippen molar-refractivity contribution in [3.63, 3.8) is 0 Å². The van der Waals surface area contributed by atoms with Gasteiger partial charge in [0.05, 0.1) is 6.61 Å². The minimum absolute atomic E-state index is 0.0162. The molecular formula is C14H18N2O3. The molecule has 1 saturated heterocycles. The van der Waals surface area contributed by atoms with Crippen molar-refractivity contribution in [2.45, 2.75) is 13.3 Å². The predicted molar refractivity (Wildman–Crippen MR) is 72.5 cm³/mol. The molecule has 0 spiro atoms. The Balaban J connectivity index is 1.95. The molecule has 5 heteroatoms. The van der Waals surface area contributed by atoms with Crippen molar-refractivity contribution in [3.8, 4) is 0 Å². The number of carbonyl (C=O) groups is 2. The first-order valence-electron chi connectivity index (χ1n) is 6.41. The molecule has 5 nitrogen and oxygen atoms in total. The van der Waals surface area contributed by atoms with E-state index in [9.17, 15) is 9.59 Å². The molecule has 0 unspecified atom stereocenters. The summed E-state index contributed by atoms with van der Waals surface area (Å²) in [5.74, 6) is 0.0162. The van der Waals surface area contributed by atoms with Gasteiger partial charge in [-0.3, -0.25) is 4.79 Å². The lowest BCUT2D eigenvalue weighted by Crippen LogP contribution is -2.36. The van der Waals surface area contributed by atoms with E-state index in [-0.39, 0.29) is 11.8 Å². The van der Waals surface area contributed by atoms with Crippen LogP contribution in [-0.4, -0.2) is 43.0 Å². The Morgan fingerprint density at radius 1 is 1.16 bits per heavy atom. The number of urea groups is 1. The second-order valence-corrected chi connectivity index (χ2v) is 4.52. The van der Waals surface area contributed by atoms with Crippen LogP contribution in [0.15, 0.2) is 24.3 Å². The van der Waals surface area contributed by atoms with E-state index in [0.29, 0.717) is 37.6 Å². The highest BCUT2D eigenvalue weighted by Crippen LogP contribution is 2.11. The summed E-state index contributed by atoms with van der Waals surface area (Å²) in [7, 11) is 0. The van der Waals surface area contributed by atoms with Gasteiger partial charge in [-0.1, -0.05) is 0 Å². The third kappa shape index (κ3) is 3.79. The molecule has 2 rings (SSSR count). The zero-order valence-electron chi connectivity index (χ0n) is 11.0. The van der Waals surface area contributed by atoms with Crippen LogP contribution in [0, 0.1) is 0 Å². The highest BCUT2D eigenvalue weighted by atomic mass is 16.5. The third-order valence-electron chi connectivity index (χ3n) is 3.05. The summed E-state index contributed by atoms with van der Waals surface area (Å²) in [4.78, 5) is 24.9. The van der Waals surface area contributed by atoms with Gasteiger partial charge in [-0.05, 0) is 37.6 Å². The van der Waals surface area contributed by atoms with Crippen LogP contribution in [0.5, 0.6) is 0 Å². The molecule has 0 bridgehead atoms. The number of nitrogens with zero attached hydrogens (tertiary/aromatic N) is 1. The van der Waals surface area contributed by atoms with E-state index in [1.807, 2.05) is 0 Å². The number of carbonyl (C=O) groups excluding carboxylic acids is 2. The molecule has 1 aliphatic heterocycles. The lowest BCUT2D eigenvalue weighted by Gasteiger charge is -2.20. The molecule has 1 aliphatic rings. The number of rotatable bonds is 2. The topological polar surface area (TPSA) is 58.6 Å². The fourth-order valence-corrected chi connectivity index (χ4v) is 1.94. The number of ketones is 1. The second-order valence-electron chi connectivity index (χ2n) is 4.52. The lowest BCUT2D eigenvalue weighted by atomic mass is 10.1. The van der Waals surface area contributed by atoms with Gasteiger partial charge in [0.1, 0.15) is 0 Å². The molecule has 2 amide bonds. The summed E-state index contributed by atoms with van der Waals surface area (Å²) in [5, 5.41) is 2.83. The maximum absolute atomic E-state index is 12.0. The average Bonchev–Trinajstić information content (AvgIpc) is 2.68. The highest BCUT2D eigenvalue weighted by Gasteiger charge is 2.15. The predicted octanol–water partition coefficient (Wildman–Crippen LogP) is 2.14. The van der Waals surface area contributed by atoms with Crippen LogP contribution in [-0.2, 0) is 4.74 Å². The number of hydrogen-bond acceptors (Lipinski definition) is 3. The third-order valence-corrected chi connectivity index (χ3v) is 3.05. The molecule has 1 N–H and O–H groups in total. The van der Waals surface area contributed by atoms with Crippen LogP contribution < -0.4 is 5.32 Å². The Hall–Kier alpha value is -1.88. The molecule has 0 aromatic heterocycles. The van der Waals surface area contributed by atoms with Crippen LogP contribution in [0.4, 0.5) is 10.5 Å². The minimum atomic E-state index is -0.124. The van der Waals surface area contributed by atoms with E-state index < -0.39 is 0 Å². The first kappa shape index (κ1) is 13.5. The summed E-state index contributed by atoms with van der Waals surface area (Å²) < 4.78 is 5.31. The van der Waals surface area contributed by atoms with Crippen molar-refractivity contribution >= 4 is 17.5 Å². The molecule has 1 aromatic carbocycles. The van der Waals surface area contributed by atoms with E-state index in [2.05, 4.69) is 5.32 Å². The van der Waals surface area contributed by atoms with Gasteiger partial charge in [-0.2, -0.15) is 0 Å². The zero-order valence-corrected chi connectivity index (χ0v) is 11.0. The van der Waals surface area contributed by atoms with Crippen LogP contribution >= 0.6 is 0 Å². The van der Waals surface area contributed by atoms with E-state index in [1.54, 1.807) is 29.2 Å². The molecular weight excluding hydrogens is 244 g/mol. The first-order chi connectivity index (χ1) is 9.16. The number of Topliss-reactive ketones (excluding diaryl/α,β-unsaturated/α-hetero) is 1. The minimum Gasteiger partial charge on any atom is -0.380 e. The van der Waals surface area contributed by atoms with Gasteiger partial charge in [-0.15, -0.1) is 0 Å². The maximum atomic E-state index is 12.0. The molecule has 19 heavy (non-hydrogen) atoms. The van der Waals surface area contributed by atoms with E-state index >= 15 is 0 Å². The Kier molecular flexibility index (Phi) is 4.52. The molecule has 1 aromatic rings. The highest BCUT2D eigenvalue weighted by molar-refractivity contribution is 5.95. The van der Waals surface area contributed by atoms with E-state index in [1.165, 1.54) is 6.92 Å². The summed E-state index contributed by atoms with van der Waals surface area (Å²) in [6.45, 7) is 4.12. The number of amides is 2. The molecule has 102 valence electrons. The molecule has 0 saturated carbocycles. The SMILES string of the molecule is CC(=O)c1ccc(NC(=O)N2CCCOCC2)cc1. The van der Waals surface area contributed by atoms with Crippen LogP contribution in [0.2, 0.25) is 0 Å². The smallest absolute Gasteiger partial charge is 0.321 e. The fourth-order valence-electron chi connectivity index (χ4n) is 1.94. The van der Waals surface area contributed by atoms with Crippen LogP contribution in [0.25, 0.3) is 0 Å². The largest absolute Gasteiger partial charge is 0.380 e. The molecule has 0 aliphatic carbocycles. The quantitative estimate of drug-likeness (QED) is 0.831. The van der Waals surface area contributed by atoms with Crippen molar-refractivity contribution in [2.24, 2.45) is 0 Å². The first-order valence-corrected chi connectivity index (χ1v) is 6.41. The van der Waals surface area contributed by atoms with E-state index in [0.717, 1.165) is 6.42 Å². The second kappa shape index (κ2) is 6.33. The van der Waals surface area contributed by atoms with Crippen molar-refractivity contribution in [1.29, 1.82) is 0 Å². The Bertz CT molecular complexity index is 448. The number of anilines is 1. The van der Waals surface area contributed by atoms with Crippen LogP contribution in [0.3, 0.4) is 0 Å². The Morgan fingerprint density at radius 3 is 2.58 bits per heavy atom. The molecule has 1 heterocycles. The number of ether oxygens (including phenoxy) is 1. The zero-order chi connectivity index (χ0) is 13.7. The van der Waals surface area contributed by atoms with Gasteiger partial charge in [-0.25, -0.2) is 4.79 Å². The number of hydrogen-bond donors (Lipinski definition) is 1. The Morgan fingerprint density at radius 2 is 1.89 bits per heavy atom. The molecule has 1 fully saturated rings. The molecule has 0 atom stereocenters. The Labute approximate surface area is 112 Å². The standard InChI is InChI=1S/C14H18N2O3/c1-11(17)12-3-5-13(6-4-12)15-14(18)16-7-2-9-19-10-8-16/h3-6H,2,7-10H2,1H3,(H,15,18). The van der Waals surface area contributed by atoms with Crippen LogP contribution in [0.1, 0.15) is 23.7 Å².